The summed E-state index contributed by atoms with van der Waals surface area (Å²) >= 11 is 0. The lowest BCUT2D eigenvalue weighted by molar-refractivity contribution is 0.627. The predicted octanol–water partition coefficient (Wildman–Crippen LogP) is 3.21. The maximum absolute atomic E-state index is 12.9. The molecule has 1 aromatic carbocycles. The van der Waals surface area contributed by atoms with E-state index in [1.807, 2.05) is 12.1 Å². The van der Waals surface area contributed by atoms with E-state index in [9.17, 15) is 4.39 Å². The van der Waals surface area contributed by atoms with Crippen LogP contribution in [0.25, 0.3) is 0 Å². The van der Waals surface area contributed by atoms with Gasteiger partial charge in [-0.25, -0.2) is 4.39 Å². The van der Waals surface area contributed by atoms with Gasteiger partial charge in [0, 0.05) is 25.3 Å². The van der Waals surface area contributed by atoms with E-state index in [-0.39, 0.29) is 5.82 Å². The van der Waals surface area contributed by atoms with Crippen LogP contribution in [-0.4, -0.2) is 26.2 Å². The molecule has 100 valence electrons. The number of likely N-dealkylation sites (N-methyl/N-ethyl adjacent to an activating group) is 1. The molecule has 0 saturated heterocycles. The summed E-state index contributed by atoms with van der Waals surface area (Å²) in [4.78, 5) is 2.19. The summed E-state index contributed by atoms with van der Waals surface area (Å²) in [5.74, 6) is -0.196. The van der Waals surface area contributed by atoms with Gasteiger partial charge in [-0.1, -0.05) is 13.5 Å². The Bertz CT molecular complexity index is 359. The number of nitrogens with zero attached hydrogens (tertiary/aromatic N) is 1. The minimum absolute atomic E-state index is 0.196. The number of anilines is 1. The molecule has 0 spiro atoms. The molecule has 0 aliphatic rings. The van der Waals surface area contributed by atoms with Gasteiger partial charge in [0.25, 0.3) is 0 Å². The molecule has 0 atom stereocenters. The third-order valence-corrected chi connectivity index (χ3v) is 2.79. The highest BCUT2D eigenvalue weighted by atomic mass is 19.1. The van der Waals surface area contributed by atoms with Gasteiger partial charge in [-0.3, -0.25) is 0 Å². The SMILES string of the molecule is C=C(CNCCC)CN(CC)c1ccc(F)cc1. The molecule has 18 heavy (non-hydrogen) atoms. The molecular weight excluding hydrogens is 227 g/mol. The Morgan fingerprint density at radius 2 is 1.94 bits per heavy atom. The fraction of sp³-hybridized carbons (Fsp3) is 0.467. The van der Waals surface area contributed by atoms with E-state index >= 15 is 0 Å². The van der Waals surface area contributed by atoms with E-state index in [0.717, 1.165) is 43.9 Å². The molecule has 0 fully saturated rings. The van der Waals surface area contributed by atoms with Crippen LogP contribution in [0.15, 0.2) is 36.4 Å². The van der Waals surface area contributed by atoms with E-state index < -0.39 is 0 Å². The van der Waals surface area contributed by atoms with E-state index in [1.165, 1.54) is 12.1 Å². The zero-order valence-corrected chi connectivity index (χ0v) is 11.4. The zero-order chi connectivity index (χ0) is 13.4. The smallest absolute Gasteiger partial charge is 0.123 e. The number of halogens is 1. The summed E-state index contributed by atoms with van der Waals surface area (Å²) in [6.45, 7) is 11.9. The average Bonchev–Trinajstić information content (AvgIpc) is 2.37. The van der Waals surface area contributed by atoms with Crippen molar-refractivity contribution < 1.29 is 4.39 Å². The summed E-state index contributed by atoms with van der Waals surface area (Å²) < 4.78 is 12.9. The van der Waals surface area contributed by atoms with Crippen molar-refractivity contribution in [2.75, 3.05) is 31.1 Å². The molecule has 0 bridgehead atoms. The quantitative estimate of drug-likeness (QED) is 0.563. The van der Waals surface area contributed by atoms with Crippen LogP contribution in [0.2, 0.25) is 0 Å². The molecule has 0 radical (unpaired) electrons. The maximum Gasteiger partial charge on any atom is 0.123 e. The lowest BCUT2D eigenvalue weighted by atomic mass is 10.2. The van der Waals surface area contributed by atoms with Crippen LogP contribution in [0.3, 0.4) is 0 Å². The molecule has 0 heterocycles. The first-order chi connectivity index (χ1) is 8.67. The van der Waals surface area contributed by atoms with Gasteiger partial charge in [-0.15, -0.1) is 0 Å². The topological polar surface area (TPSA) is 15.3 Å². The number of hydrogen-bond donors (Lipinski definition) is 1. The summed E-state index contributed by atoms with van der Waals surface area (Å²) in [6, 6.07) is 6.61. The summed E-state index contributed by atoms with van der Waals surface area (Å²) in [6.07, 6.45) is 1.13. The first-order valence-electron chi connectivity index (χ1n) is 6.55. The highest BCUT2D eigenvalue weighted by Crippen LogP contribution is 2.15. The standard InChI is InChI=1S/C15H23FN2/c1-4-10-17-11-13(3)12-18(5-2)15-8-6-14(16)7-9-15/h6-9,17H,3-5,10-12H2,1-2H3. The van der Waals surface area contributed by atoms with Crippen LogP contribution in [0.5, 0.6) is 0 Å². The minimum atomic E-state index is -0.196. The predicted molar refractivity (Wildman–Crippen MR) is 76.6 cm³/mol. The first kappa shape index (κ1) is 14.7. The minimum Gasteiger partial charge on any atom is -0.368 e. The molecule has 0 aromatic heterocycles. The van der Waals surface area contributed by atoms with Crippen molar-refractivity contribution >= 4 is 5.69 Å². The largest absolute Gasteiger partial charge is 0.368 e. The van der Waals surface area contributed by atoms with Crippen LogP contribution in [0.1, 0.15) is 20.3 Å². The van der Waals surface area contributed by atoms with Crippen LogP contribution < -0.4 is 10.2 Å². The Kier molecular flexibility index (Phi) is 6.44. The molecule has 0 aliphatic heterocycles. The van der Waals surface area contributed by atoms with Crippen LogP contribution in [0.4, 0.5) is 10.1 Å². The second-order valence-electron chi connectivity index (χ2n) is 4.42. The molecule has 1 N–H and O–H groups in total. The van der Waals surface area contributed by atoms with E-state index in [4.69, 9.17) is 0 Å². The van der Waals surface area contributed by atoms with Gasteiger partial charge in [0.1, 0.15) is 5.82 Å². The van der Waals surface area contributed by atoms with Crippen molar-refractivity contribution in [1.29, 1.82) is 0 Å². The number of rotatable bonds is 8. The second kappa shape index (κ2) is 7.88. The normalized spacial score (nSPS) is 10.4. The van der Waals surface area contributed by atoms with Crippen molar-refractivity contribution in [2.24, 2.45) is 0 Å². The first-order valence-corrected chi connectivity index (χ1v) is 6.55. The molecule has 1 aromatic rings. The van der Waals surface area contributed by atoms with E-state index in [0.29, 0.717) is 0 Å². The van der Waals surface area contributed by atoms with Gasteiger partial charge in [0.05, 0.1) is 0 Å². The van der Waals surface area contributed by atoms with Gasteiger partial charge in [0.15, 0.2) is 0 Å². The highest BCUT2D eigenvalue weighted by Gasteiger charge is 2.06. The summed E-state index contributed by atoms with van der Waals surface area (Å²) in [7, 11) is 0. The Hall–Kier alpha value is -1.35. The number of benzene rings is 1. The van der Waals surface area contributed by atoms with Crippen molar-refractivity contribution in [2.45, 2.75) is 20.3 Å². The third-order valence-electron chi connectivity index (χ3n) is 2.79. The van der Waals surface area contributed by atoms with E-state index in [2.05, 4.69) is 30.6 Å². The van der Waals surface area contributed by atoms with Gasteiger partial charge in [-0.2, -0.15) is 0 Å². The van der Waals surface area contributed by atoms with Crippen molar-refractivity contribution in [3.05, 3.63) is 42.2 Å². The Labute approximate surface area is 110 Å². The van der Waals surface area contributed by atoms with Gasteiger partial charge in [0.2, 0.25) is 0 Å². The van der Waals surface area contributed by atoms with Gasteiger partial charge >= 0.3 is 0 Å². The van der Waals surface area contributed by atoms with Crippen molar-refractivity contribution in [3.63, 3.8) is 0 Å². The molecule has 0 saturated carbocycles. The fourth-order valence-electron chi connectivity index (χ4n) is 1.81. The van der Waals surface area contributed by atoms with Crippen molar-refractivity contribution in [1.82, 2.24) is 5.32 Å². The fourth-order valence-corrected chi connectivity index (χ4v) is 1.81. The van der Waals surface area contributed by atoms with Crippen LogP contribution in [-0.2, 0) is 0 Å². The van der Waals surface area contributed by atoms with Gasteiger partial charge < -0.3 is 10.2 Å². The molecule has 2 nitrogen and oxygen atoms in total. The Morgan fingerprint density at radius 1 is 1.28 bits per heavy atom. The molecule has 0 aliphatic carbocycles. The highest BCUT2D eigenvalue weighted by molar-refractivity contribution is 5.47. The molecule has 3 heteroatoms. The molecular formula is C15H23FN2. The second-order valence-corrected chi connectivity index (χ2v) is 4.42. The number of hydrogen-bond acceptors (Lipinski definition) is 2. The lowest BCUT2D eigenvalue weighted by Crippen LogP contribution is -2.29. The number of nitrogens with one attached hydrogen (secondary N) is 1. The molecule has 1 rings (SSSR count). The van der Waals surface area contributed by atoms with Gasteiger partial charge in [-0.05, 0) is 49.7 Å². The maximum atomic E-state index is 12.9. The Balaban J connectivity index is 2.51. The Morgan fingerprint density at radius 3 is 2.50 bits per heavy atom. The summed E-state index contributed by atoms with van der Waals surface area (Å²) in [5.41, 5.74) is 2.19. The van der Waals surface area contributed by atoms with Crippen LogP contribution in [0, 0.1) is 5.82 Å². The lowest BCUT2D eigenvalue weighted by Gasteiger charge is -2.24. The zero-order valence-electron chi connectivity index (χ0n) is 11.4. The monoisotopic (exact) mass is 250 g/mol. The van der Waals surface area contributed by atoms with Crippen molar-refractivity contribution in [3.8, 4) is 0 Å². The van der Waals surface area contributed by atoms with Crippen LogP contribution >= 0.6 is 0 Å². The third kappa shape index (κ3) is 4.88. The molecule has 0 amide bonds. The average molecular weight is 250 g/mol. The van der Waals surface area contributed by atoms with E-state index in [1.54, 1.807) is 0 Å². The molecule has 0 unspecified atom stereocenters. The summed E-state index contributed by atoms with van der Waals surface area (Å²) in [5, 5.41) is 3.34.